The zero-order valence-corrected chi connectivity index (χ0v) is 19.3. The van der Waals surface area contributed by atoms with E-state index in [1.54, 1.807) is 6.20 Å². The fourth-order valence-electron chi connectivity index (χ4n) is 3.79. The molecule has 1 aromatic carbocycles. The Morgan fingerprint density at radius 2 is 1.63 bits per heavy atom. The van der Waals surface area contributed by atoms with Crippen molar-refractivity contribution in [3.05, 3.63) is 34.9 Å². The second-order valence-electron chi connectivity index (χ2n) is 7.64. The standard InChI is InChI=1S/C21H26BrN5O2S/c22-17-5-3-16(4-6-17)18-13-23-21(24-18)30-15-20(29)27-11-9-25(10-12-27)14-19(28)26-7-1-2-8-26/h3-6,13H,1-2,7-12,14-15H2,(H,23,24). The molecule has 2 aliphatic heterocycles. The lowest BCUT2D eigenvalue weighted by Gasteiger charge is -2.35. The zero-order chi connectivity index (χ0) is 20.9. The third-order valence-corrected chi connectivity index (χ3v) is 6.98. The zero-order valence-electron chi connectivity index (χ0n) is 16.8. The minimum Gasteiger partial charge on any atom is -0.342 e. The average molecular weight is 492 g/mol. The molecule has 2 aliphatic rings. The number of rotatable bonds is 6. The summed E-state index contributed by atoms with van der Waals surface area (Å²) in [5.74, 6) is 0.703. The third-order valence-electron chi connectivity index (χ3n) is 5.58. The molecule has 3 heterocycles. The SMILES string of the molecule is O=C(CSc1ncc(-c2ccc(Br)cc2)[nH]1)N1CCN(CC(=O)N2CCCC2)CC1. The highest BCUT2D eigenvalue weighted by molar-refractivity contribution is 9.10. The molecule has 2 saturated heterocycles. The third kappa shape index (κ3) is 5.44. The molecule has 4 rings (SSSR count). The highest BCUT2D eigenvalue weighted by Crippen LogP contribution is 2.23. The molecule has 2 amide bonds. The highest BCUT2D eigenvalue weighted by atomic mass is 79.9. The number of imidazole rings is 1. The maximum atomic E-state index is 12.6. The van der Waals surface area contributed by atoms with Crippen molar-refractivity contribution in [1.82, 2.24) is 24.7 Å². The largest absolute Gasteiger partial charge is 0.342 e. The number of nitrogens with zero attached hydrogens (tertiary/aromatic N) is 4. The fourth-order valence-corrected chi connectivity index (χ4v) is 4.80. The van der Waals surface area contributed by atoms with Crippen LogP contribution in [0.1, 0.15) is 12.8 Å². The van der Waals surface area contributed by atoms with Crippen LogP contribution in [0.4, 0.5) is 0 Å². The summed E-state index contributed by atoms with van der Waals surface area (Å²) in [4.78, 5) is 38.6. The van der Waals surface area contributed by atoms with Gasteiger partial charge in [-0.1, -0.05) is 39.8 Å². The van der Waals surface area contributed by atoms with Crippen LogP contribution in [-0.4, -0.2) is 88.0 Å². The second kappa shape index (κ2) is 9.98. The van der Waals surface area contributed by atoms with Crippen molar-refractivity contribution in [2.45, 2.75) is 18.0 Å². The molecule has 1 aromatic heterocycles. The van der Waals surface area contributed by atoms with Gasteiger partial charge in [-0.3, -0.25) is 14.5 Å². The van der Waals surface area contributed by atoms with E-state index in [-0.39, 0.29) is 11.8 Å². The molecule has 30 heavy (non-hydrogen) atoms. The first-order valence-electron chi connectivity index (χ1n) is 10.3. The summed E-state index contributed by atoms with van der Waals surface area (Å²) < 4.78 is 1.03. The van der Waals surface area contributed by atoms with E-state index in [1.807, 2.05) is 34.1 Å². The molecule has 0 atom stereocenters. The van der Waals surface area contributed by atoms with Crippen LogP contribution in [0.3, 0.4) is 0 Å². The van der Waals surface area contributed by atoms with Crippen LogP contribution in [0.2, 0.25) is 0 Å². The Morgan fingerprint density at radius 1 is 0.967 bits per heavy atom. The van der Waals surface area contributed by atoms with Gasteiger partial charge in [0, 0.05) is 43.7 Å². The molecule has 0 radical (unpaired) electrons. The summed E-state index contributed by atoms with van der Waals surface area (Å²) in [5, 5.41) is 0.746. The molecule has 0 saturated carbocycles. The number of piperazine rings is 1. The van der Waals surface area contributed by atoms with Gasteiger partial charge in [-0.2, -0.15) is 0 Å². The first kappa shape index (κ1) is 21.4. The Labute approximate surface area is 189 Å². The van der Waals surface area contributed by atoms with E-state index in [0.29, 0.717) is 25.4 Å². The van der Waals surface area contributed by atoms with E-state index in [0.717, 1.165) is 59.9 Å². The van der Waals surface area contributed by atoms with Gasteiger partial charge < -0.3 is 14.8 Å². The Morgan fingerprint density at radius 3 is 2.33 bits per heavy atom. The normalized spacial score (nSPS) is 17.5. The van der Waals surface area contributed by atoms with Crippen LogP contribution < -0.4 is 0 Å². The Bertz CT molecular complexity index is 874. The maximum Gasteiger partial charge on any atom is 0.236 e. The van der Waals surface area contributed by atoms with Gasteiger partial charge in [0.05, 0.1) is 24.2 Å². The first-order chi connectivity index (χ1) is 14.6. The molecular weight excluding hydrogens is 466 g/mol. The van der Waals surface area contributed by atoms with Gasteiger partial charge in [-0.25, -0.2) is 4.98 Å². The molecule has 0 aliphatic carbocycles. The predicted octanol–water partition coefficient (Wildman–Crippen LogP) is 2.70. The lowest BCUT2D eigenvalue weighted by Crippen LogP contribution is -2.51. The molecule has 9 heteroatoms. The van der Waals surface area contributed by atoms with Gasteiger partial charge in [0.2, 0.25) is 11.8 Å². The number of aromatic amines is 1. The van der Waals surface area contributed by atoms with Crippen molar-refractivity contribution in [1.29, 1.82) is 0 Å². The number of carbonyl (C=O) groups is 2. The number of carbonyl (C=O) groups excluding carboxylic acids is 2. The van der Waals surface area contributed by atoms with Crippen LogP contribution in [0, 0.1) is 0 Å². The molecule has 160 valence electrons. The summed E-state index contributed by atoms with van der Waals surface area (Å²) in [7, 11) is 0. The number of aromatic nitrogens is 2. The van der Waals surface area contributed by atoms with Crippen molar-refractivity contribution in [3.63, 3.8) is 0 Å². The van der Waals surface area contributed by atoms with Gasteiger partial charge in [0.25, 0.3) is 0 Å². The lowest BCUT2D eigenvalue weighted by atomic mass is 10.2. The van der Waals surface area contributed by atoms with E-state index in [1.165, 1.54) is 11.8 Å². The molecular formula is C21H26BrN5O2S. The summed E-state index contributed by atoms with van der Waals surface area (Å²) >= 11 is 4.87. The van der Waals surface area contributed by atoms with Crippen molar-refractivity contribution in [2.75, 3.05) is 51.6 Å². The molecule has 0 unspecified atom stereocenters. The monoisotopic (exact) mass is 491 g/mol. The molecule has 0 bridgehead atoms. The predicted molar refractivity (Wildman–Crippen MR) is 121 cm³/mol. The summed E-state index contributed by atoms with van der Waals surface area (Å²) in [6.45, 7) is 5.12. The quantitative estimate of drug-likeness (QED) is 0.628. The molecule has 2 fully saturated rings. The molecule has 2 aromatic rings. The van der Waals surface area contributed by atoms with Crippen molar-refractivity contribution >= 4 is 39.5 Å². The number of benzene rings is 1. The van der Waals surface area contributed by atoms with Gasteiger partial charge in [-0.15, -0.1) is 0 Å². The van der Waals surface area contributed by atoms with Gasteiger partial charge in [-0.05, 0) is 30.5 Å². The van der Waals surface area contributed by atoms with E-state index < -0.39 is 0 Å². The van der Waals surface area contributed by atoms with Crippen molar-refractivity contribution in [2.24, 2.45) is 0 Å². The number of likely N-dealkylation sites (tertiary alicyclic amines) is 1. The van der Waals surface area contributed by atoms with Crippen LogP contribution >= 0.6 is 27.7 Å². The highest BCUT2D eigenvalue weighted by Gasteiger charge is 2.25. The number of nitrogens with one attached hydrogen (secondary N) is 1. The topological polar surface area (TPSA) is 72.5 Å². The van der Waals surface area contributed by atoms with Crippen LogP contribution in [0.5, 0.6) is 0 Å². The van der Waals surface area contributed by atoms with E-state index in [2.05, 4.69) is 30.8 Å². The smallest absolute Gasteiger partial charge is 0.236 e. The molecule has 7 nitrogen and oxygen atoms in total. The lowest BCUT2D eigenvalue weighted by molar-refractivity contribution is -0.133. The average Bonchev–Trinajstić information content (AvgIpc) is 3.45. The van der Waals surface area contributed by atoms with Crippen LogP contribution in [0.15, 0.2) is 40.1 Å². The van der Waals surface area contributed by atoms with Crippen LogP contribution in [0.25, 0.3) is 11.3 Å². The number of H-pyrrole nitrogens is 1. The minimum atomic E-state index is 0.118. The van der Waals surface area contributed by atoms with Crippen LogP contribution in [-0.2, 0) is 9.59 Å². The number of hydrogen-bond donors (Lipinski definition) is 1. The Balaban J connectivity index is 1.21. The van der Waals surface area contributed by atoms with Gasteiger partial charge in [0.15, 0.2) is 5.16 Å². The van der Waals surface area contributed by atoms with E-state index >= 15 is 0 Å². The second-order valence-corrected chi connectivity index (χ2v) is 9.52. The number of thioether (sulfide) groups is 1. The minimum absolute atomic E-state index is 0.118. The van der Waals surface area contributed by atoms with E-state index in [9.17, 15) is 9.59 Å². The summed E-state index contributed by atoms with van der Waals surface area (Å²) in [6, 6.07) is 8.02. The van der Waals surface area contributed by atoms with E-state index in [4.69, 9.17) is 0 Å². The number of hydrogen-bond acceptors (Lipinski definition) is 5. The summed E-state index contributed by atoms with van der Waals surface area (Å²) in [5.41, 5.74) is 2.00. The Kier molecular flexibility index (Phi) is 7.12. The maximum absolute atomic E-state index is 12.6. The number of halogens is 1. The van der Waals surface area contributed by atoms with Crippen molar-refractivity contribution < 1.29 is 9.59 Å². The number of amides is 2. The van der Waals surface area contributed by atoms with Crippen molar-refractivity contribution in [3.8, 4) is 11.3 Å². The fraction of sp³-hybridized carbons (Fsp3) is 0.476. The van der Waals surface area contributed by atoms with Gasteiger partial charge >= 0.3 is 0 Å². The first-order valence-corrected chi connectivity index (χ1v) is 12.1. The van der Waals surface area contributed by atoms with Gasteiger partial charge in [0.1, 0.15) is 0 Å². The molecule has 0 spiro atoms. The molecule has 1 N–H and O–H groups in total. The Hall–Kier alpha value is -1.84. The summed E-state index contributed by atoms with van der Waals surface area (Å²) in [6.07, 6.45) is 4.03.